The third-order valence-electron chi connectivity index (χ3n) is 3.74. The van der Waals surface area contributed by atoms with Gasteiger partial charge in [-0.3, -0.25) is 11.3 Å². The molecule has 100 valence electrons. The summed E-state index contributed by atoms with van der Waals surface area (Å²) in [6.45, 7) is 0.767. The first-order valence-electron chi connectivity index (χ1n) is 6.57. The Balaban J connectivity index is 1.84. The van der Waals surface area contributed by atoms with E-state index < -0.39 is 0 Å². The summed E-state index contributed by atoms with van der Waals surface area (Å²) in [5.74, 6) is 7.21. The number of nitrogens with one attached hydrogen (secondary N) is 1. The number of rotatable bonds is 4. The fourth-order valence-electron chi connectivity index (χ4n) is 2.77. The summed E-state index contributed by atoms with van der Waals surface area (Å²) in [6.07, 6.45) is 1.97. The third-order valence-corrected chi connectivity index (χ3v) is 4.47. The molecule has 4 heteroatoms. The lowest BCUT2D eigenvalue weighted by atomic mass is 9.84. The molecule has 1 aromatic heterocycles. The van der Waals surface area contributed by atoms with Gasteiger partial charge in [0.25, 0.3) is 0 Å². The number of hydrogen-bond acceptors (Lipinski definition) is 4. The van der Waals surface area contributed by atoms with Gasteiger partial charge in [0.1, 0.15) is 5.75 Å². The van der Waals surface area contributed by atoms with Crippen LogP contribution in [0.4, 0.5) is 0 Å². The fraction of sp³-hybridized carbons (Fsp3) is 0.333. The van der Waals surface area contributed by atoms with E-state index in [4.69, 9.17) is 10.6 Å². The molecule has 0 bridgehead atoms. The Labute approximate surface area is 117 Å². The number of thiophene rings is 1. The lowest BCUT2D eigenvalue weighted by Crippen LogP contribution is -2.42. The predicted molar refractivity (Wildman–Crippen MR) is 78.4 cm³/mol. The van der Waals surface area contributed by atoms with E-state index in [1.165, 1.54) is 11.1 Å². The summed E-state index contributed by atoms with van der Waals surface area (Å²) >= 11 is 1.73. The van der Waals surface area contributed by atoms with Gasteiger partial charge in [0.2, 0.25) is 0 Å². The highest BCUT2D eigenvalue weighted by Crippen LogP contribution is 2.36. The van der Waals surface area contributed by atoms with Crippen molar-refractivity contribution in [3.63, 3.8) is 0 Å². The molecule has 0 fully saturated rings. The van der Waals surface area contributed by atoms with Crippen LogP contribution < -0.4 is 16.0 Å². The van der Waals surface area contributed by atoms with Gasteiger partial charge in [-0.15, -0.1) is 0 Å². The van der Waals surface area contributed by atoms with Gasteiger partial charge in [0.05, 0.1) is 6.61 Å². The van der Waals surface area contributed by atoms with Crippen LogP contribution in [0, 0.1) is 0 Å². The Kier molecular flexibility index (Phi) is 3.82. The second-order valence-corrected chi connectivity index (χ2v) is 5.67. The van der Waals surface area contributed by atoms with Crippen molar-refractivity contribution in [2.75, 3.05) is 6.61 Å². The molecule has 2 unspecified atom stereocenters. The molecule has 2 aromatic rings. The van der Waals surface area contributed by atoms with Crippen LogP contribution in [-0.4, -0.2) is 12.6 Å². The maximum Gasteiger partial charge on any atom is 0.122 e. The molecule has 0 spiro atoms. The highest BCUT2D eigenvalue weighted by Gasteiger charge is 2.28. The molecular formula is C15H18N2OS. The molecule has 0 saturated heterocycles. The van der Waals surface area contributed by atoms with E-state index in [0.29, 0.717) is 5.92 Å². The number of benzene rings is 1. The van der Waals surface area contributed by atoms with Crippen molar-refractivity contribution in [2.45, 2.75) is 24.8 Å². The molecule has 0 saturated carbocycles. The van der Waals surface area contributed by atoms with Crippen LogP contribution in [0.5, 0.6) is 5.75 Å². The van der Waals surface area contributed by atoms with Gasteiger partial charge >= 0.3 is 0 Å². The number of nitrogens with two attached hydrogens (primary N) is 1. The molecule has 1 aliphatic heterocycles. The molecule has 3 N–H and O–H groups in total. The van der Waals surface area contributed by atoms with E-state index in [1.54, 1.807) is 11.3 Å². The van der Waals surface area contributed by atoms with Crippen molar-refractivity contribution < 1.29 is 4.74 Å². The van der Waals surface area contributed by atoms with Gasteiger partial charge in [-0.1, -0.05) is 18.2 Å². The predicted octanol–water partition coefficient (Wildman–Crippen LogP) is 2.69. The monoisotopic (exact) mass is 274 g/mol. The molecule has 0 radical (unpaired) electrons. The SMILES string of the molecule is NNC(Cc1ccsc1)C1CCOc2ccccc21. The molecule has 0 amide bonds. The van der Waals surface area contributed by atoms with Crippen LogP contribution in [0.2, 0.25) is 0 Å². The maximum absolute atomic E-state index is 5.79. The largest absolute Gasteiger partial charge is 0.493 e. The maximum atomic E-state index is 5.79. The Morgan fingerprint density at radius 3 is 3.05 bits per heavy atom. The number of para-hydroxylation sites is 1. The molecule has 2 atom stereocenters. The Bertz CT molecular complexity index is 527. The topological polar surface area (TPSA) is 47.3 Å². The van der Waals surface area contributed by atoms with E-state index >= 15 is 0 Å². The van der Waals surface area contributed by atoms with Crippen LogP contribution in [0.15, 0.2) is 41.1 Å². The number of fused-ring (bicyclic) bond motifs is 1. The first-order chi connectivity index (χ1) is 9.38. The minimum atomic E-state index is 0.250. The molecule has 0 aliphatic carbocycles. The summed E-state index contributed by atoms with van der Waals surface area (Å²) in [5, 5.41) is 4.30. The van der Waals surface area contributed by atoms with Gasteiger partial charge in [0.15, 0.2) is 0 Å². The summed E-state index contributed by atoms with van der Waals surface area (Å²) in [4.78, 5) is 0. The Morgan fingerprint density at radius 1 is 1.37 bits per heavy atom. The van der Waals surface area contributed by atoms with Gasteiger partial charge in [-0.2, -0.15) is 11.3 Å². The smallest absolute Gasteiger partial charge is 0.122 e. The van der Waals surface area contributed by atoms with Crippen molar-refractivity contribution in [1.82, 2.24) is 5.43 Å². The van der Waals surface area contributed by atoms with Crippen LogP contribution in [0.1, 0.15) is 23.5 Å². The average Bonchev–Trinajstić information content (AvgIpc) is 2.97. The molecule has 19 heavy (non-hydrogen) atoms. The van der Waals surface area contributed by atoms with Crippen molar-refractivity contribution in [2.24, 2.45) is 5.84 Å². The van der Waals surface area contributed by atoms with Crippen molar-refractivity contribution in [3.8, 4) is 5.75 Å². The molecular weight excluding hydrogens is 256 g/mol. The lowest BCUT2D eigenvalue weighted by Gasteiger charge is -2.32. The number of hydrazine groups is 1. The van der Waals surface area contributed by atoms with Gasteiger partial charge < -0.3 is 4.74 Å². The van der Waals surface area contributed by atoms with Crippen molar-refractivity contribution in [1.29, 1.82) is 0 Å². The van der Waals surface area contributed by atoms with Crippen LogP contribution in [-0.2, 0) is 6.42 Å². The fourth-order valence-corrected chi connectivity index (χ4v) is 3.45. The second kappa shape index (κ2) is 5.74. The first-order valence-corrected chi connectivity index (χ1v) is 7.51. The Hall–Kier alpha value is -1.36. The zero-order valence-corrected chi connectivity index (χ0v) is 11.5. The van der Waals surface area contributed by atoms with Crippen LogP contribution in [0.3, 0.4) is 0 Å². The minimum Gasteiger partial charge on any atom is -0.493 e. The Morgan fingerprint density at radius 2 is 2.26 bits per heavy atom. The van der Waals surface area contributed by atoms with Crippen LogP contribution in [0.25, 0.3) is 0 Å². The third kappa shape index (κ3) is 2.66. The number of ether oxygens (including phenoxy) is 1. The normalized spacial score (nSPS) is 19.5. The highest BCUT2D eigenvalue weighted by molar-refractivity contribution is 7.07. The minimum absolute atomic E-state index is 0.250. The summed E-state index contributed by atoms with van der Waals surface area (Å²) in [7, 11) is 0. The van der Waals surface area contributed by atoms with Crippen molar-refractivity contribution >= 4 is 11.3 Å². The van der Waals surface area contributed by atoms with E-state index in [-0.39, 0.29) is 6.04 Å². The van der Waals surface area contributed by atoms with Gasteiger partial charge in [0, 0.05) is 12.0 Å². The standard InChI is InChI=1S/C15H18N2OS/c16-17-14(9-11-6-8-19-10-11)12-5-7-18-15-4-2-1-3-13(12)15/h1-4,6,8,10,12,14,17H,5,7,9,16H2. The zero-order valence-electron chi connectivity index (χ0n) is 10.7. The quantitative estimate of drug-likeness (QED) is 0.665. The van der Waals surface area contributed by atoms with Gasteiger partial charge in [-0.25, -0.2) is 0 Å². The molecule has 3 rings (SSSR count). The summed E-state index contributed by atoms with van der Waals surface area (Å²) in [6, 6.07) is 10.7. The highest BCUT2D eigenvalue weighted by atomic mass is 32.1. The van der Waals surface area contributed by atoms with Crippen molar-refractivity contribution in [3.05, 3.63) is 52.2 Å². The summed E-state index contributed by atoms with van der Waals surface area (Å²) in [5.41, 5.74) is 5.61. The average molecular weight is 274 g/mol. The summed E-state index contributed by atoms with van der Waals surface area (Å²) < 4.78 is 5.72. The first kappa shape index (κ1) is 12.7. The molecule has 2 heterocycles. The second-order valence-electron chi connectivity index (χ2n) is 4.89. The van der Waals surface area contributed by atoms with E-state index in [9.17, 15) is 0 Å². The lowest BCUT2D eigenvalue weighted by molar-refractivity contribution is 0.245. The van der Waals surface area contributed by atoms with E-state index in [0.717, 1.165) is 25.2 Å². The molecule has 1 aliphatic rings. The van der Waals surface area contributed by atoms with E-state index in [1.807, 2.05) is 12.1 Å². The van der Waals surface area contributed by atoms with E-state index in [2.05, 4.69) is 34.4 Å². The zero-order chi connectivity index (χ0) is 13.1. The van der Waals surface area contributed by atoms with Gasteiger partial charge in [-0.05, 0) is 46.9 Å². The molecule has 3 nitrogen and oxygen atoms in total. The molecule has 1 aromatic carbocycles. The number of hydrogen-bond donors (Lipinski definition) is 2. The van der Waals surface area contributed by atoms with Crippen LogP contribution >= 0.6 is 11.3 Å².